The van der Waals surface area contributed by atoms with Crippen LogP contribution in [-0.2, 0) is 14.3 Å². The van der Waals surface area contributed by atoms with Crippen molar-refractivity contribution in [1.82, 2.24) is 10.2 Å². The van der Waals surface area contributed by atoms with Crippen LogP contribution in [0.15, 0.2) is 0 Å². The molecule has 0 radical (unpaired) electrons. The van der Waals surface area contributed by atoms with Gasteiger partial charge in [-0.05, 0) is 39.5 Å². The Hall–Kier alpha value is -1.79. The number of esters is 1. The van der Waals surface area contributed by atoms with Crippen molar-refractivity contribution in [3.8, 4) is 0 Å². The summed E-state index contributed by atoms with van der Waals surface area (Å²) >= 11 is 0. The summed E-state index contributed by atoms with van der Waals surface area (Å²) in [5, 5.41) is 11.6. The normalized spacial score (nSPS) is 15.4. The molecule has 120 valence electrons. The molecule has 1 fully saturated rings. The average Bonchev–Trinajstić information content (AvgIpc) is 3.18. The van der Waals surface area contributed by atoms with Gasteiger partial charge in [0.05, 0.1) is 13.0 Å². The number of rotatable bonds is 8. The first-order valence-electron chi connectivity index (χ1n) is 7.29. The van der Waals surface area contributed by atoms with E-state index in [1.807, 2.05) is 0 Å². The molecule has 1 aliphatic rings. The van der Waals surface area contributed by atoms with Crippen LogP contribution in [0, 0.1) is 5.92 Å². The van der Waals surface area contributed by atoms with Gasteiger partial charge in [-0.2, -0.15) is 0 Å². The minimum atomic E-state index is -0.936. The standard InChI is InChI=1S/C14H24N2O5/c1-4-21-13(19)8-16(9(2)3)14(20)15-11(7-12(17)18)10-5-6-10/h9-11H,4-8H2,1-3H3,(H,15,20)(H,17,18). The topological polar surface area (TPSA) is 95.9 Å². The summed E-state index contributed by atoms with van der Waals surface area (Å²) in [5.74, 6) is -1.18. The zero-order valence-corrected chi connectivity index (χ0v) is 12.8. The minimum Gasteiger partial charge on any atom is -0.481 e. The van der Waals surface area contributed by atoms with Gasteiger partial charge in [0.2, 0.25) is 0 Å². The first kappa shape index (κ1) is 17.3. The van der Waals surface area contributed by atoms with E-state index in [2.05, 4.69) is 5.32 Å². The molecule has 7 heteroatoms. The fraction of sp³-hybridized carbons (Fsp3) is 0.786. The van der Waals surface area contributed by atoms with Crippen LogP contribution >= 0.6 is 0 Å². The average molecular weight is 300 g/mol. The Bertz CT molecular complexity index is 393. The molecule has 7 nitrogen and oxygen atoms in total. The van der Waals surface area contributed by atoms with E-state index >= 15 is 0 Å². The summed E-state index contributed by atoms with van der Waals surface area (Å²) < 4.78 is 4.85. The van der Waals surface area contributed by atoms with Crippen LogP contribution < -0.4 is 5.32 Å². The fourth-order valence-electron chi connectivity index (χ4n) is 2.10. The quantitative estimate of drug-likeness (QED) is 0.657. The Labute approximate surface area is 124 Å². The minimum absolute atomic E-state index is 0.0955. The Balaban J connectivity index is 2.62. The molecule has 1 aliphatic carbocycles. The number of nitrogens with zero attached hydrogens (tertiary/aromatic N) is 1. The molecular weight excluding hydrogens is 276 g/mol. The molecule has 21 heavy (non-hydrogen) atoms. The molecule has 0 aliphatic heterocycles. The van der Waals surface area contributed by atoms with Crippen LogP contribution in [0.3, 0.4) is 0 Å². The number of carbonyl (C=O) groups is 3. The molecule has 1 atom stereocenters. The zero-order chi connectivity index (χ0) is 16.0. The van der Waals surface area contributed by atoms with Gasteiger partial charge < -0.3 is 20.1 Å². The zero-order valence-electron chi connectivity index (χ0n) is 12.8. The lowest BCUT2D eigenvalue weighted by Crippen LogP contribution is -2.50. The summed E-state index contributed by atoms with van der Waals surface area (Å²) in [6.07, 6.45) is 1.76. The first-order chi connectivity index (χ1) is 9.85. The third-order valence-electron chi connectivity index (χ3n) is 3.38. The van der Waals surface area contributed by atoms with Gasteiger partial charge in [0.15, 0.2) is 0 Å². The van der Waals surface area contributed by atoms with Crippen molar-refractivity contribution in [2.24, 2.45) is 5.92 Å². The number of carbonyl (C=O) groups excluding carboxylic acids is 2. The van der Waals surface area contributed by atoms with E-state index in [0.29, 0.717) is 0 Å². The molecular formula is C14H24N2O5. The van der Waals surface area contributed by atoms with Gasteiger partial charge in [0.1, 0.15) is 6.54 Å². The molecule has 0 aromatic carbocycles. The maximum atomic E-state index is 12.3. The van der Waals surface area contributed by atoms with Gasteiger partial charge in [0.25, 0.3) is 0 Å². The van der Waals surface area contributed by atoms with Crippen molar-refractivity contribution < 1.29 is 24.2 Å². The van der Waals surface area contributed by atoms with E-state index in [1.54, 1.807) is 20.8 Å². The van der Waals surface area contributed by atoms with Crippen molar-refractivity contribution in [3.05, 3.63) is 0 Å². The Morgan fingerprint density at radius 2 is 1.95 bits per heavy atom. The van der Waals surface area contributed by atoms with Crippen LogP contribution in [0.1, 0.15) is 40.0 Å². The summed E-state index contributed by atoms with van der Waals surface area (Å²) in [6, 6.07) is -0.978. The Morgan fingerprint density at radius 1 is 1.33 bits per heavy atom. The van der Waals surface area contributed by atoms with Crippen molar-refractivity contribution in [1.29, 1.82) is 0 Å². The van der Waals surface area contributed by atoms with E-state index in [9.17, 15) is 14.4 Å². The molecule has 1 rings (SSSR count). The summed E-state index contributed by atoms with van der Waals surface area (Å²) in [7, 11) is 0. The number of amides is 2. The third kappa shape index (κ3) is 6.01. The van der Waals surface area contributed by atoms with E-state index in [1.165, 1.54) is 4.90 Å². The predicted molar refractivity (Wildman–Crippen MR) is 75.8 cm³/mol. The van der Waals surface area contributed by atoms with Crippen LogP contribution in [0.25, 0.3) is 0 Å². The lowest BCUT2D eigenvalue weighted by Gasteiger charge is -2.28. The van der Waals surface area contributed by atoms with E-state index in [4.69, 9.17) is 9.84 Å². The fourth-order valence-corrected chi connectivity index (χ4v) is 2.10. The lowest BCUT2D eigenvalue weighted by atomic mass is 10.1. The number of urea groups is 1. The van der Waals surface area contributed by atoms with Crippen LogP contribution in [0.4, 0.5) is 4.79 Å². The van der Waals surface area contributed by atoms with Gasteiger partial charge in [-0.15, -0.1) is 0 Å². The van der Waals surface area contributed by atoms with Crippen LogP contribution in [0.2, 0.25) is 0 Å². The maximum absolute atomic E-state index is 12.3. The second-order valence-electron chi connectivity index (χ2n) is 5.52. The molecule has 0 aromatic heterocycles. The number of nitrogens with one attached hydrogen (secondary N) is 1. The molecule has 2 N–H and O–H groups in total. The monoisotopic (exact) mass is 300 g/mol. The SMILES string of the molecule is CCOC(=O)CN(C(=O)NC(CC(=O)O)C1CC1)C(C)C. The number of aliphatic carboxylic acids is 1. The Morgan fingerprint density at radius 3 is 2.38 bits per heavy atom. The number of carboxylic acid groups (broad SMARTS) is 1. The Kier molecular flexibility index (Phi) is 6.45. The highest BCUT2D eigenvalue weighted by Crippen LogP contribution is 2.34. The van der Waals surface area contributed by atoms with E-state index in [0.717, 1.165) is 12.8 Å². The highest BCUT2D eigenvalue weighted by molar-refractivity contribution is 5.82. The van der Waals surface area contributed by atoms with E-state index < -0.39 is 18.0 Å². The van der Waals surface area contributed by atoms with Gasteiger partial charge in [0, 0.05) is 12.1 Å². The van der Waals surface area contributed by atoms with Crippen molar-refractivity contribution in [2.75, 3.05) is 13.2 Å². The van der Waals surface area contributed by atoms with Gasteiger partial charge in [-0.25, -0.2) is 4.79 Å². The van der Waals surface area contributed by atoms with Gasteiger partial charge >= 0.3 is 18.0 Å². The largest absolute Gasteiger partial charge is 0.481 e. The highest BCUT2D eigenvalue weighted by atomic mass is 16.5. The molecule has 1 saturated carbocycles. The van der Waals surface area contributed by atoms with E-state index in [-0.39, 0.29) is 37.6 Å². The molecule has 0 heterocycles. The molecule has 2 amide bonds. The van der Waals surface area contributed by atoms with Gasteiger partial charge in [-0.1, -0.05) is 0 Å². The lowest BCUT2D eigenvalue weighted by molar-refractivity contribution is -0.144. The molecule has 0 aromatic rings. The van der Waals surface area contributed by atoms with Crippen LogP contribution in [-0.4, -0.2) is 53.2 Å². The highest BCUT2D eigenvalue weighted by Gasteiger charge is 2.35. The molecule has 0 saturated heterocycles. The second kappa shape index (κ2) is 7.85. The molecule has 1 unspecified atom stereocenters. The smallest absolute Gasteiger partial charge is 0.325 e. The predicted octanol–water partition coefficient (Wildman–Crippen LogP) is 1.22. The van der Waals surface area contributed by atoms with Crippen LogP contribution in [0.5, 0.6) is 0 Å². The van der Waals surface area contributed by atoms with Crippen molar-refractivity contribution in [2.45, 2.75) is 52.1 Å². The molecule has 0 bridgehead atoms. The van der Waals surface area contributed by atoms with Crippen molar-refractivity contribution in [3.63, 3.8) is 0 Å². The summed E-state index contributed by atoms with van der Waals surface area (Å²) in [4.78, 5) is 36.0. The third-order valence-corrected chi connectivity index (χ3v) is 3.38. The molecule has 0 spiro atoms. The maximum Gasteiger partial charge on any atom is 0.325 e. The second-order valence-corrected chi connectivity index (χ2v) is 5.52. The first-order valence-corrected chi connectivity index (χ1v) is 7.29. The number of ether oxygens (including phenoxy) is 1. The summed E-state index contributed by atoms with van der Waals surface area (Å²) in [6.45, 7) is 5.41. The summed E-state index contributed by atoms with van der Waals surface area (Å²) in [5.41, 5.74) is 0. The number of hydrogen-bond donors (Lipinski definition) is 2. The van der Waals surface area contributed by atoms with Gasteiger partial charge in [-0.3, -0.25) is 9.59 Å². The number of hydrogen-bond acceptors (Lipinski definition) is 4. The van der Waals surface area contributed by atoms with Crippen molar-refractivity contribution >= 4 is 18.0 Å². The number of carboxylic acids is 1.